The maximum absolute atomic E-state index is 6.22. The lowest BCUT2D eigenvalue weighted by molar-refractivity contribution is 0.426. The standard InChI is InChI=1S/C13H12Cl2N2S/c14-8-3-4-9(10(15)7-8)11-12(18)17-13(16-11)5-1-2-6-13/h3-4,7H,1-2,5-6H2,(H,17,18). The molecule has 3 rings (SSSR count). The van der Waals surface area contributed by atoms with Gasteiger partial charge in [-0.15, -0.1) is 0 Å². The Labute approximate surface area is 121 Å². The second-order valence-electron chi connectivity index (χ2n) is 4.78. The van der Waals surface area contributed by atoms with Crippen LogP contribution in [0.15, 0.2) is 23.2 Å². The predicted octanol–water partition coefficient (Wildman–Crippen LogP) is 3.98. The molecule has 1 fully saturated rings. The molecule has 1 spiro atoms. The highest BCUT2D eigenvalue weighted by Crippen LogP contribution is 2.35. The summed E-state index contributed by atoms with van der Waals surface area (Å²) in [5, 5.41) is 4.58. The Hall–Kier alpha value is -0.640. The lowest BCUT2D eigenvalue weighted by atomic mass is 10.1. The van der Waals surface area contributed by atoms with Crippen LogP contribution < -0.4 is 5.32 Å². The van der Waals surface area contributed by atoms with Gasteiger partial charge in [0.05, 0.1) is 5.02 Å². The lowest BCUT2D eigenvalue weighted by Gasteiger charge is -2.19. The number of rotatable bonds is 1. The van der Waals surface area contributed by atoms with Gasteiger partial charge < -0.3 is 5.32 Å². The van der Waals surface area contributed by atoms with Gasteiger partial charge in [-0.3, -0.25) is 4.99 Å². The lowest BCUT2D eigenvalue weighted by Crippen LogP contribution is -2.39. The molecular formula is C13H12Cl2N2S. The number of hydrogen-bond acceptors (Lipinski definition) is 2. The third kappa shape index (κ3) is 2.04. The van der Waals surface area contributed by atoms with Crippen LogP contribution in [-0.4, -0.2) is 16.4 Å². The molecule has 1 heterocycles. The van der Waals surface area contributed by atoms with Crippen molar-refractivity contribution in [2.75, 3.05) is 0 Å². The maximum atomic E-state index is 6.22. The van der Waals surface area contributed by atoms with Crippen LogP contribution in [0.3, 0.4) is 0 Å². The molecule has 0 radical (unpaired) electrons. The first-order valence-corrected chi connectivity index (χ1v) is 7.14. The number of nitrogens with one attached hydrogen (secondary N) is 1. The molecular weight excluding hydrogens is 287 g/mol. The molecule has 1 aliphatic heterocycles. The minimum absolute atomic E-state index is 0.171. The van der Waals surface area contributed by atoms with Crippen molar-refractivity contribution >= 4 is 46.1 Å². The Morgan fingerprint density at radius 2 is 1.94 bits per heavy atom. The normalized spacial score (nSPS) is 21.2. The molecule has 18 heavy (non-hydrogen) atoms. The number of hydrogen-bond donors (Lipinski definition) is 1. The number of halogens is 2. The number of benzene rings is 1. The summed E-state index contributed by atoms with van der Waals surface area (Å²) < 4.78 is 0. The van der Waals surface area contributed by atoms with Crippen LogP contribution in [0, 0.1) is 0 Å². The molecule has 1 aromatic carbocycles. The average Bonchev–Trinajstić information content (AvgIpc) is 2.87. The molecule has 0 saturated heterocycles. The molecule has 0 aromatic heterocycles. The Kier molecular flexibility index (Phi) is 3.08. The zero-order valence-electron chi connectivity index (χ0n) is 9.67. The number of thiocarbonyl (C=S) groups is 1. The van der Waals surface area contributed by atoms with E-state index < -0.39 is 0 Å². The summed E-state index contributed by atoms with van der Waals surface area (Å²) >= 11 is 17.5. The second kappa shape index (κ2) is 4.48. The fraction of sp³-hybridized carbons (Fsp3) is 0.385. The minimum atomic E-state index is -0.171. The third-order valence-electron chi connectivity index (χ3n) is 3.50. The first kappa shape index (κ1) is 12.4. The van der Waals surface area contributed by atoms with Crippen molar-refractivity contribution in [3.8, 4) is 0 Å². The molecule has 1 aromatic rings. The molecule has 94 valence electrons. The summed E-state index contributed by atoms with van der Waals surface area (Å²) in [5.74, 6) is 0. The SMILES string of the molecule is S=C1NC2(CCCC2)N=C1c1ccc(Cl)cc1Cl. The van der Waals surface area contributed by atoms with Gasteiger partial charge in [0.2, 0.25) is 0 Å². The van der Waals surface area contributed by atoms with E-state index >= 15 is 0 Å². The highest BCUT2D eigenvalue weighted by Gasteiger charge is 2.40. The summed E-state index contributed by atoms with van der Waals surface area (Å²) in [5.41, 5.74) is 1.49. The van der Waals surface area contributed by atoms with Gasteiger partial charge in [0.15, 0.2) is 0 Å². The Morgan fingerprint density at radius 1 is 1.22 bits per heavy atom. The molecule has 0 amide bonds. The van der Waals surface area contributed by atoms with Crippen LogP contribution in [0.5, 0.6) is 0 Å². The first-order chi connectivity index (χ1) is 8.60. The van der Waals surface area contributed by atoms with Crippen LogP contribution in [0.4, 0.5) is 0 Å². The monoisotopic (exact) mass is 298 g/mol. The van der Waals surface area contributed by atoms with E-state index in [4.69, 9.17) is 40.4 Å². The van der Waals surface area contributed by atoms with E-state index in [1.807, 2.05) is 12.1 Å². The van der Waals surface area contributed by atoms with Crippen LogP contribution in [0.2, 0.25) is 10.0 Å². The van der Waals surface area contributed by atoms with Gasteiger partial charge in [0.25, 0.3) is 0 Å². The van der Waals surface area contributed by atoms with Gasteiger partial charge in [-0.05, 0) is 43.9 Å². The van der Waals surface area contributed by atoms with Gasteiger partial charge in [0, 0.05) is 10.6 Å². The fourth-order valence-corrected chi connectivity index (χ4v) is 3.47. The van der Waals surface area contributed by atoms with Gasteiger partial charge >= 0.3 is 0 Å². The first-order valence-electron chi connectivity index (χ1n) is 5.97. The minimum Gasteiger partial charge on any atom is -0.351 e. The molecule has 1 aliphatic carbocycles. The van der Waals surface area contributed by atoms with Crippen molar-refractivity contribution in [1.29, 1.82) is 0 Å². The number of aliphatic imine (C=N–C) groups is 1. The largest absolute Gasteiger partial charge is 0.351 e. The van der Waals surface area contributed by atoms with Crippen LogP contribution in [0.25, 0.3) is 0 Å². The molecule has 1 saturated carbocycles. The highest BCUT2D eigenvalue weighted by molar-refractivity contribution is 7.82. The van der Waals surface area contributed by atoms with Gasteiger partial charge in [0.1, 0.15) is 16.4 Å². The summed E-state index contributed by atoms with van der Waals surface area (Å²) in [6.07, 6.45) is 4.48. The predicted molar refractivity (Wildman–Crippen MR) is 79.9 cm³/mol. The van der Waals surface area contributed by atoms with Crippen molar-refractivity contribution in [3.05, 3.63) is 33.8 Å². The van der Waals surface area contributed by atoms with E-state index in [1.54, 1.807) is 6.07 Å². The number of nitrogens with zero attached hydrogens (tertiary/aromatic N) is 1. The Balaban J connectivity index is 2.03. The zero-order chi connectivity index (χ0) is 12.8. The molecule has 2 nitrogen and oxygen atoms in total. The maximum Gasteiger partial charge on any atom is 0.131 e. The van der Waals surface area contributed by atoms with E-state index in [2.05, 4.69) is 5.32 Å². The Bertz CT molecular complexity index is 548. The van der Waals surface area contributed by atoms with E-state index in [0.717, 1.165) is 24.1 Å². The quantitative estimate of drug-likeness (QED) is 0.793. The smallest absolute Gasteiger partial charge is 0.131 e. The van der Waals surface area contributed by atoms with E-state index in [9.17, 15) is 0 Å². The van der Waals surface area contributed by atoms with Crippen molar-refractivity contribution in [2.24, 2.45) is 4.99 Å². The summed E-state index contributed by atoms with van der Waals surface area (Å²) in [6, 6.07) is 5.42. The van der Waals surface area contributed by atoms with Gasteiger partial charge in [-0.2, -0.15) is 0 Å². The fourth-order valence-electron chi connectivity index (χ4n) is 2.62. The summed E-state index contributed by atoms with van der Waals surface area (Å²) in [4.78, 5) is 5.49. The summed E-state index contributed by atoms with van der Waals surface area (Å²) in [6.45, 7) is 0. The average molecular weight is 299 g/mol. The van der Waals surface area contributed by atoms with Gasteiger partial charge in [-0.25, -0.2) is 0 Å². The van der Waals surface area contributed by atoms with Gasteiger partial charge in [-0.1, -0.05) is 35.4 Å². The molecule has 0 bridgehead atoms. The molecule has 1 N–H and O–H groups in total. The highest BCUT2D eigenvalue weighted by atomic mass is 35.5. The second-order valence-corrected chi connectivity index (χ2v) is 6.03. The molecule has 0 unspecified atom stereocenters. The summed E-state index contributed by atoms with van der Waals surface area (Å²) in [7, 11) is 0. The molecule has 5 heteroatoms. The molecule has 2 aliphatic rings. The van der Waals surface area contributed by atoms with Crippen molar-refractivity contribution < 1.29 is 0 Å². The van der Waals surface area contributed by atoms with E-state index in [0.29, 0.717) is 15.0 Å². The topological polar surface area (TPSA) is 24.4 Å². The van der Waals surface area contributed by atoms with Crippen molar-refractivity contribution in [1.82, 2.24) is 5.32 Å². The molecule has 0 atom stereocenters. The van der Waals surface area contributed by atoms with E-state index in [-0.39, 0.29) is 5.66 Å². The van der Waals surface area contributed by atoms with Crippen LogP contribution in [-0.2, 0) is 0 Å². The zero-order valence-corrected chi connectivity index (χ0v) is 12.0. The van der Waals surface area contributed by atoms with Crippen molar-refractivity contribution in [3.63, 3.8) is 0 Å². The van der Waals surface area contributed by atoms with Crippen LogP contribution >= 0.6 is 35.4 Å². The van der Waals surface area contributed by atoms with Crippen molar-refractivity contribution in [2.45, 2.75) is 31.3 Å². The van der Waals surface area contributed by atoms with Crippen LogP contribution in [0.1, 0.15) is 31.2 Å². The third-order valence-corrected chi connectivity index (χ3v) is 4.35. The Morgan fingerprint density at radius 3 is 2.61 bits per heavy atom. The van der Waals surface area contributed by atoms with E-state index in [1.165, 1.54) is 12.8 Å².